The Morgan fingerprint density at radius 1 is 1.07 bits per heavy atom. The van der Waals surface area contributed by atoms with Gasteiger partial charge in [-0.25, -0.2) is 4.39 Å². The molecule has 28 heavy (non-hydrogen) atoms. The van der Waals surface area contributed by atoms with E-state index in [1.54, 1.807) is 17.0 Å². The minimum Gasteiger partial charge on any atom is -0.355 e. The maximum atomic E-state index is 13.3. The summed E-state index contributed by atoms with van der Waals surface area (Å²) in [5, 5.41) is 2.82. The zero-order chi connectivity index (χ0) is 20.7. The Morgan fingerprint density at radius 3 is 2.36 bits per heavy atom. The van der Waals surface area contributed by atoms with Crippen molar-refractivity contribution < 1.29 is 14.0 Å². The third kappa shape index (κ3) is 5.65. The van der Waals surface area contributed by atoms with Crippen molar-refractivity contribution in [1.82, 2.24) is 10.2 Å². The first-order chi connectivity index (χ1) is 13.3. The summed E-state index contributed by atoms with van der Waals surface area (Å²) in [6, 6.07) is 11.5. The van der Waals surface area contributed by atoms with Crippen LogP contribution in [0.2, 0.25) is 0 Å². The minimum atomic E-state index is -0.567. The molecule has 0 spiro atoms. The van der Waals surface area contributed by atoms with E-state index >= 15 is 0 Å². The van der Waals surface area contributed by atoms with Gasteiger partial charge in [-0.15, -0.1) is 0 Å². The molecule has 0 radical (unpaired) electrons. The number of likely N-dealkylation sites (N-methyl/N-ethyl adjacent to an activating group) is 1. The lowest BCUT2D eigenvalue weighted by molar-refractivity contribution is -0.140. The third-order valence-electron chi connectivity index (χ3n) is 4.85. The Kier molecular flexibility index (Phi) is 7.73. The van der Waals surface area contributed by atoms with Gasteiger partial charge in [0.15, 0.2) is 0 Å². The lowest BCUT2D eigenvalue weighted by Crippen LogP contribution is -2.49. The maximum absolute atomic E-state index is 13.3. The lowest BCUT2D eigenvalue weighted by Gasteiger charge is -2.31. The summed E-state index contributed by atoms with van der Waals surface area (Å²) in [6.45, 7) is 8.49. The molecule has 0 fully saturated rings. The molecule has 0 aliphatic rings. The second-order valence-electron chi connectivity index (χ2n) is 7.07. The predicted molar refractivity (Wildman–Crippen MR) is 109 cm³/mol. The van der Waals surface area contributed by atoms with Gasteiger partial charge >= 0.3 is 0 Å². The first-order valence-electron chi connectivity index (χ1n) is 9.73. The summed E-state index contributed by atoms with van der Waals surface area (Å²) in [7, 11) is 0. The van der Waals surface area contributed by atoms with Crippen molar-refractivity contribution in [1.29, 1.82) is 0 Å². The van der Waals surface area contributed by atoms with Crippen molar-refractivity contribution in [2.24, 2.45) is 0 Å². The highest BCUT2D eigenvalue weighted by Gasteiger charge is 2.28. The second kappa shape index (κ2) is 10.0. The van der Waals surface area contributed by atoms with E-state index in [0.717, 1.165) is 22.3 Å². The van der Waals surface area contributed by atoms with Crippen molar-refractivity contribution in [3.8, 4) is 0 Å². The molecular formula is C23H29FN2O2. The zero-order valence-electron chi connectivity index (χ0n) is 17.1. The highest BCUT2D eigenvalue weighted by molar-refractivity contribution is 5.88. The molecule has 2 aromatic carbocycles. The van der Waals surface area contributed by atoms with Crippen LogP contribution in [0.4, 0.5) is 4.39 Å². The Balaban J connectivity index is 2.32. The number of nitrogens with zero attached hydrogens (tertiary/aromatic N) is 1. The van der Waals surface area contributed by atoms with Crippen LogP contribution in [0.25, 0.3) is 0 Å². The highest BCUT2D eigenvalue weighted by Crippen LogP contribution is 2.17. The molecule has 0 bridgehead atoms. The van der Waals surface area contributed by atoms with Crippen molar-refractivity contribution in [3.05, 3.63) is 70.5 Å². The minimum absolute atomic E-state index is 0.115. The molecule has 0 aliphatic carbocycles. The molecule has 2 aromatic rings. The molecule has 150 valence electrons. The number of aryl methyl sites for hydroxylation is 2. The average molecular weight is 384 g/mol. The van der Waals surface area contributed by atoms with Gasteiger partial charge in [-0.2, -0.15) is 0 Å². The molecule has 0 aromatic heterocycles. The number of halogens is 1. The smallest absolute Gasteiger partial charge is 0.242 e. The number of rotatable bonds is 8. The fourth-order valence-electron chi connectivity index (χ4n) is 3.25. The van der Waals surface area contributed by atoms with Gasteiger partial charge < -0.3 is 10.2 Å². The van der Waals surface area contributed by atoms with E-state index in [1.165, 1.54) is 12.1 Å². The van der Waals surface area contributed by atoms with E-state index < -0.39 is 6.04 Å². The second-order valence-corrected chi connectivity index (χ2v) is 7.07. The van der Waals surface area contributed by atoms with Gasteiger partial charge in [-0.1, -0.05) is 42.8 Å². The first-order valence-corrected chi connectivity index (χ1v) is 9.73. The molecule has 2 rings (SSSR count). The van der Waals surface area contributed by atoms with Crippen LogP contribution in [-0.2, 0) is 22.6 Å². The summed E-state index contributed by atoms with van der Waals surface area (Å²) >= 11 is 0. The van der Waals surface area contributed by atoms with E-state index in [2.05, 4.69) is 5.32 Å². The summed E-state index contributed by atoms with van der Waals surface area (Å²) in [6.07, 6.45) is 0.732. The number of amides is 2. The number of hydrogen-bond acceptors (Lipinski definition) is 2. The topological polar surface area (TPSA) is 49.4 Å². The van der Waals surface area contributed by atoms with Gasteiger partial charge in [0.1, 0.15) is 11.9 Å². The van der Waals surface area contributed by atoms with E-state index in [9.17, 15) is 14.0 Å². The molecule has 1 N–H and O–H groups in total. The van der Waals surface area contributed by atoms with Gasteiger partial charge in [-0.05, 0) is 56.0 Å². The van der Waals surface area contributed by atoms with Crippen LogP contribution >= 0.6 is 0 Å². The predicted octanol–water partition coefficient (Wildman–Crippen LogP) is 3.93. The number of benzene rings is 2. The van der Waals surface area contributed by atoms with Crippen LogP contribution in [0.15, 0.2) is 42.5 Å². The molecule has 1 atom stereocenters. The number of carbonyl (C=O) groups excluding carboxylic acids is 2. The molecule has 0 heterocycles. The molecule has 0 saturated heterocycles. The summed E-state index contributed by atoms with van der Waals surface area (Å²) in [5.74, 6) is -0.606. The van der Waals surface area contributed by atoms with Crippen LogP contribution in [-0.4, -0.2) is 29.3 Å². The van der Waals surface area contributed by atoms with Crippen molar-refractivity contribution in [2.45, 2.75) is 53.1 Å². The Bertz CT molecular complexity index is 818. The molecule has 0 aliphatic heterocycles. The van der Waals surface area contributed by atoms with Crippen molar-refractivity contribution in [2.75, 3.05) is 6.54 Å². The fraction of sp³-hybridized carbons (Fsp3) is 0.391. The van der Waals surface area contributed by atoms with Crippen LogP contribution in [0.5, 0.6) is 0 Å². The summed E-state index contributed by atoms with van der Waals surface area (Å²) in [5.41, 5.74) is 3.89. The van der Waals surface area contributed by atoms with Gasteiger partial charge in [-0.3, -0.25) is 9.59 Å². The lowest BCUT2D eigenvalue weighted by atomic mass is 10.0. The van der Waals surface area contributed by atoms with Crippen molar-refractivity contribution >= 4 is 11.8 Å². The highest BCUT2D eigenvalue weighted by atomic mass is 19.1. The first kappa shape index (κ1) is 21.6. The van der Waals surface area contributed by atoms with Crippen LogP contribution in [0.3, 0.4) is 0 Å². The van der Waals surface area contributed by atoms with Gasteiger partial charge in [0.2, 0.25) is 11.8 Å². The summed E-state index contributed by atoms with van der Waals surface area (Å²) in [4.78, 5) is 27.4. The van der Waals surface area contributed by atoms with Crippen LogP contribution in [0.1, 0.15) is 42.5 Å². The summed E-state index contributed by atoms with van der Waals surface area (Å²) < 4.78 is 13.3. The van der Waals surface area contributed by atoms with E-state index in [0.29, 0.717) is 13.0 Å². The standard InChI is InChI=1S/C23H29FN2O2/c1-5-21(23(28)25-6-2)26(15-18-9-11-20(24)12-10-18)22(27)14-19-13-16(3)7-8-17(19)4/h7-13,21H,5-6,14-15H2,1-4H3,(H,25,28)/t21-/m1/s1. The normalized spacial score (nSPS) is 11.8. The average Bonchev–Trinajstić information content (AvgIpc) is 2.66. The molecule has 0 saturated carbocycles. The monoisotopic (exact) mass is 384 g/mol. The van der Waals surface area contributed by atoms with Gasteiger partial charge in [0.05, 0.1) is 6.42 Å². The van der Waals surface area contributed by atoms with Gasteiger partial charge in [0.25, 0.3) is 0 Å². The van der Waals surface area contributed by atoms with E-state index in [-0.39, 0.29) is 30.6 Å². The van der Waals surface area contributed by atoms with Crippen molar-refractivity contribution in [3.63, 3.8) is 0 Å². The SMILES string of the molecule is CCNC(=O)[C@@H](CC)N(Cc1ccc(F)cc1)C(=O)Cc1cc(C)ccc1C. The Labute approximate surface area is 166 Å². The fourth-order valence-corrected chi connectivity index (χ4v) is 3.25. The molecule has 5 heteroatoms. The Hall–Kier alpha value is -2.69. The molecular weight excluding hydrogens is 355 g/mol. The third-order valence-corrected chi connectivity index (χ3v) is 4.85. The number of hydrogen-bond donors (Lipinski definition) is 1. The number of nitrogens with one attached hydrogen (secondary N) is 1. The van der Waals surface area contributed by atoms with E-state index in [1.807, 2.05) is 45.9 Å². The molecule has 2 amide bonds. The largest absolute Gasteiger partial charge is 0.355 e. The van der Waals surface area contributed by atoms with Crippen LogP contribution in [0, 0.1) is 19.7 Å². The quantitative estimate of drug-likeness (QED) is 0.750. The van der Waals surface area contributed by atoms with E-state index in [4.69, 9.17) is 0 Å². The van der Waals surface area contributed by atoms with Gasteiger partial charge in [0, 0.05) is 13.1 Å². The Morgan fingerprint density at radius 2 is 1.75 bits per heavy atom. The molecule has 4 nitrogen and oxygen atoms in total. The zero-order valence-corrected chi connectivity index (χ0v) is 17.1. The number of carbonyl (C=O) groups is 2. The molecule has 0 unspecified atom stereocenters. The maximum Gasteiger partial charge on any atom is 0.242 e. The van der Waals surface area contributed by atoms with Crippen LogP contribution < -0.4 is 5.32 Å².